The number of hydrogen-bond donors (Lipinski definition) is 2. The van der Waals surface area contributed by atoms with E-state index in [0.29, 0.717) is 26.2 Å². The number of nitrogens with one attached hydrogen (secondary N) is 1. The van der Waals surface area contributed by atoms with E-state index in [2.05, 4.69) is 25.2 Å². The Hall–Kier alpha value is -4.05. The van der Waals surface area contributed by atoms with Gasteiger partial charge in [-0.2, -0.15) is 23.1 Å². The predicted octanol–water partition coefficient (Wildman–Crippen LogP) is 3.12. The molecule has 4 atom stereocenters. The summed E-state index contributed by atoms with van der Waals surface area (Å²) < 4.78 is 86.5. The van der Waals surface area contributed by atoms with E-state index in [1.165, 1.54) is 0 Å². The molecule has 246 valence electrons. The van der Waals surface area contributed by atoms with Crippen LogP contribution in [0.3, 0.4) is 0 Å². The number of rotatable bonds is 4. The average Bonchev–Trinajstić information content (AvgIpc) is 3.34. The number of pyridine rings is 1. The number of nitrogen functional groups attached to an aromatic ring is 1. The summed E-state index contributed by atoms with van der Waals surface area (Å²) in [4.78, 5) is 31.5. The van der Waals surface area contributed by atoms with Gasteiger partial charge in [-0.15, -0.1) is 0 Å². The molecule has 7 rings (SSSR count). The molecule has 0 spiro atoms. The predicted molar refractivity (Wildman–Crippen MR) is 158 cm³/mol. The number of aromatic nitrogens is 3. The highest BCUT2D eigenvalue weighted by atomic mass is 19.4. The Morgan fingerprint density at radius 1 is 1.17 bits per heavy atom. The summed E-state index contributed by atoms with van der Waals surface area (Å²) in [6, 6.07) is 0.370. The van der Waals surface area contributed by atoms with E-state index in [1.807, 2.05) is 4.90 Å². The van der Waals surface area contributed by atoms with Gasteiger partial charge in [-0.05, 0) is 38.3 Å². The van der Waals surface area contributed by atoms with E-state index in [9.17, 15) is 22.4 Å². The van der Waals surface area contributed by atoms with Crippen LogP contribution in [-0.2, 0) is 11.0 Å². The number of ether oxygens (including phenoxy) is 2. The Kier molecular flexibility index (Phi) is 7.34. The SMILES string of the molecule is Cc1c(F)c(N)cc(-c2nc3c4c(nc(OC[C@H]5CC[C@@H]6CN(C)C(=O)CN56)nc4c2F)N2CCNC[C@H]2[C@H](C)O3)c1C(F)(F)F. The lowest BCUT2D eigenvalue weighted by atomic mass is 9.96. The van der Waals surface area contributed by atoms with E-state index in [1.54, 1.807) is 18.9 Å². The zero-order valence-electron chi connectivity index (χ0n) is 25.4. The molecule has 4 aliphatic rings. The second-order valence-electron chi connectivity index (χ2n) is 12.4. The third kappa shape index (κ3) is 4.92. The highest BCUT2D eigenvalue weighted by molar-refractivity contribution is 5.97. The summed E-state index contributed by atoms with van der Waals surface area (Å²) in [7, 11) is 1.78. The number of likely N-dealkylation sites (N-methyl/N-ethyl adjacent to an activating group) is 1. The van der Waals surface area contributed by atoms with Crippen LogP contribution < -0.4 is 25.4 Å². The minimum atomic E-state index is -5.06. The first-order chi connectivity index (χ1) is 21.8. The number of carbonyl (C=O) groups excluding carboxylic acids is 1. The fourth-order valence-electron chi connectivity index (χ4n) is 7.19. The zero-order chi connectivity index (χ0) is 32.7. The van der Waals surface area contributed by atoms with Crippen LogP contribution in [0.4, 0.5) is 33.5 Å². The number of carbonyl (C=O) groups is 1. The molecule has 16 heteroatoms. The molecule has 2 aromatic heterocycles. The summed E-state index contributed by atoms with van der Waals surface area (Å²) in [5.41, 5.74) is 1.15. The second-order valence-corrected chi connectivity index (χ2v) is 12.4. The number of anilines is 2. The Balaban J connectivity index is 1.37. The normalized spacial score (nSPS) is 24.9. The number of piperazine rings is 2. The van der Waals surface area contributed by atoms with Crippen molar-refractivity contribution < 1.29 is 36.2 Å². The smallest absolute Gasteiger partial charge is 0.417 e. The molecule has 1 amide bonds. The molecule has 3 N–H and O–H groups in total. The first kappa shape index (κ1) is 30.6. The highest BCUT2D eigenvalue weighted by Gasteiger charge is 2.42. The molecular weight excluding hydrogens is 615 g/mol. The highest BCUT2D eigenvalue weighted by Crippen LogP contribution is 2.46. The number of amides is 1. The number of alkyl halides is 3. The molecule has 4 aliphatic heterocycles. The van der Waals surface area contributed by atoms with Gasteiger partial charge in [0.25, 0.3) is 0 Å². The van der Waals surface area contributed by atoms with E-state index < -0.39 is 52.0 Å². The van der Waals surface area contributed by atoms with Crippen molar-refractivity contribution in [1.29, 1.82) is 0 Å². The second kappa shape index (κ2) is 11.0. The van der Waals surface area contributed by atoms with Crippen molar-refractivity contribution in [2.75, 3.05) is 57.0 Å². The number of hydrogen-bond acceptors (Lipinski definition) is 10. The molecule has 3 aromatic rings. The van der Waals surface area contributed by atoms with Crippen LogP contribution in [0, 0.1) is 18.6 Å². The standard InChI is InChI=1S/C30H33F5N8O3/c1-13-22(30(33,34)35)17(8-18(36)23(13)31)25-24(32)26-21-27(42-7-6-37-9-19(42)14(2)46-28(21)38-25)40-29(39-26)45-12-16-5-4-15-10-41(3)20(44)11-43(15)16/h8,14-16,19,37H,4-7,9-12,36H2,1-3H3/t14-,15+,16+,19-/m0/s1. The molecule has 0 bridgehead atoms. The van der Waals surface area contributed by atoms with Gasteiger partial charge in [0.1, 0.15) is 40.9 Å². The van der Waals surface area contributed by atoms with Crippen LogP contribution in [0.15, 0.2) is 6.07 Å². The molecule has 0 saturated carbocycles. The maximum atomic E-state index is 16.6. The van der Waals surface area contributed by atoms with Gasteiger partial charge >= 0.3 is 12.2 Å². The van der Waals surface area contributed by atoms with Gasteiger partial charge in [-0.25, -0.2) is 13.8 Å². The molecule has 46 heavy (non-hydrogen) atoms. The maximum Gasteiger partial charge on any atom is 0.417 e. The average molecular weight is 649 g/mol. The number of nitrogens with zero attached hydrogens (tertiary/aromatic N) is 6. The van der Waals surface area contributed by atoms with Crippen LogP contribution >= 0.6 is 0 Å². The van der Waals surface area contributed by atoms with Crippen molar-refractivity contribution in [3.05, 3.63) is 28.8 Å². The molecule has 0 radical (unpaired) electrons. The van der Waals surface area contributed by atoms with E-state index >= 15 is 4.39 Å². The molecule has 1 aromatic carbocycles. The molecular formula is C30H33F5N8O3. The zero-order valence-corrected chi connectivity index (χ0v) is 25.4. The van der Waals surface area contributed by atoms with Crippen molar-refractivity contribution >= 4 is 28.3 Å². The minimum Gasteiger partial charge on any atom is -0.472 e. The molecule has 11 nitrogen and oxygen atoms in total. The van der Waals surface area contributed by atoms with Gasteiger partial charge in [-0.3, -0.25) is 9.69 Å². The van der Waals surface area contributed by atoms with Crippen LogP contribution in [0.2, 0.25) is 0 Å². The lowest BCUT2D eigenvalue weighted by molar-refractivity contribution is -0.138. The minimum absolute atomic E-state index is 0.00850. The van der Waals surface area contributed by atoms with E-state index in [4.69, 9.17) is 15.2 Å². The Bertz CT molecular complexity index is 1740. The van der Waals surface area contributed by atoms with Crippen LogP contribution in [0.1, 0.15) is 30.9 Å². The Morgan fingerprint density at radius 2 is 1.96 bits per heavy atom. The first-order valence-corrected chi connectivity index (χ1v) is 15.2. The van der Waals surface area contributed by atoms with E-state index in [0.717, 1.165) is 25.8 Å². The number of nitrogens with two attached hydrogens (primary N) is 1. The monoisotopic (exact) mass is 648 g/mol. The summed E-state index contributed by atoms with van der Waals surface area (Å²) >= 11 is 0. The van der Waals surface area contributed by atoms with Crippen molar-refractivity contribution in [3.8, 4) is 23.1 Å². The van der Waals surface area contributed by atoms with Crippen molar-refractivity contribution in [1.82, 2.24) is 30.1 Å². The number of halogens is 5. The Labute approximate surface area is 260 Å². The van der Waals surface area contributed by atoms with Gasteiger partial charge in [0.2, 0.25) is 11.8 Å². The third-order valence-corrected chi connectivity index (χ3v) is 9.58. The fraction of sp³-hybridized carbons (Fsp3) is 0.533. The molecule has 0 aliphatic carbocycles. The van der Waals surface area contributed by atoms with Crippen LogP contribution in [-0.4, -0.2) is 101 Å². The summed E-state index contributed by atoms with van der Waals surface area (Å²) in [5, 5.41) is 3.39. The van der Waals surface area contributed by atoms with Crippen molar-refractivity contribution in [2.45, 2.75) is 57.1 Å². The Morgan fingerprint density at radius 3 is 2.72 bits per heavy atom. The molecule has 3 fully saturated rings. The van der Waals surface area contributed by atoms with Gasteiger partial charge in [0, 0.05) is 50.9 Å². The van der Waals surface area contributed by atoms with Crippen molar-refractivity contribution in [3.63, 3.8) is 0 Å². The van der Waals surface area contributed by atoms with Crippen LogP contribution in [0.25, 0.3) is 22.2 Å². The van der Waals surface area contributed by atoms with Gasteiger partial charge in [-0.1, -0.05) is 0 Å². The maximum absolute atomic E-state index is 16.6. The topological polar surface area (TPSA) is 122 Å². The van der Waals surface area contributed by atoms with Crippen LogP contribution in [0.5, 0.6) is 11.9 Å². The molecule has 3 saturated heterocycles. The summed E-state index contributed by atoms with van der Waals surface area (Å²) in [6.07, 6.45) is -3.94. The first-order valence-electron chi connectivity index (χ1n) is 15.2. The van der Waals surface area contributed by atoms with E-state index in [-0.39, 0.29) is 65.8 Å². The van der Waals surface area contributed by atoms with Gasteiger partial charge in [0.05, 0.1) is 23.8 Å². The summed E-state index contributed by atoms with van der Waals surface area (Å²) in [5.74, 6) is -2.29. The van der Waals surface area contributed by atoms with Crippen molar-refractivity contribution in [2.24, 2.45) is 0 Å². The molecule has 6 heterocycles. The molecule has 0 unspecified atom stereocenters. The van der Waals surface area contributed by atoms with Gasteiger partial charge < -0.3 is 30.3 Å². The fourth-order valence-corrected chi connectivity index (χ4v) is 7.19. The summed E-state index contributed by atoms with van der Waals surface area (Å²) in [6.45, 7) is 5.28. The lowest BCUT2D eigenvalue weighted by Crippen LogP contribution is -2.56. The largest absolute Gasteiger partial charge is 0.472 e. The number of benzene rings is 1. The quantitative estimate of drug-likeness (QED) is 0.323. The van der Waals surface area contributed by atoms with Gasteiger partial charge in [0.15, 0.2) is 5.82 Å². The number of fused-ring (bicyclic) bond motifs is 3. The third-order valence-electron chi connectivity index (χ3n) is 9.58. The lowest BCUT2D eigenvalue weighted by Gasteiger charge is -2.38.